The van der Waals surface area contributed by atoms with E-state index >= 15 is 0 Å². The second-order valence-corrected chi connectivity index (χ2v) is 15.9. The largest absolute Gasteiger partial charge is 0.414 e. The van der Waals surface area contributed by atoms with Crippen LogP contribution in [0.4, 0.5) is 8.78 Å². The first-order valence-corrected chi connectivity index (χ1v) is 14.2. The van der Waals surface area contributed by atoms with Gasteiger partial charge in [0.1, 0.15) is 0 Å². The smallest absolute Gasteiger partial charge is 0.248 e. The van der Waals surface area contributed by atoms with Crippen LogP contribution in [-0.2, 0) is 4.43 Å². The maximum absolute atomic E-state index is 13.7. The van der Waals surface area contributed by atoms with Crippen LogP contribution in [0.2, 0.25) is 18.1 Å². The summed E-state index contributed by atoms with van der Waals surface area (Å²) in [6.45, 7) is 11.0. The summed E-state index contributed by atoms with van der Waals surface area (Å²) in [5.41, 5.74) is 0. The van der Waals surface area contributed by atoms with Gasteiger partial charge < -0.3 is 8.99 Å². The SMILES string of the molecule is CC(C)(C)[Si](C)(C)OC(CC(c1sccc1Br)n1ccnc1)C1CC(F)(F)C1. The molecule has 8 heteroatoms. The summed E-state index contributed by atoms with van der Waals surface area (Å²) in [7, 11) is -2.09. The number of alkyl halides is 2. The molecular formula is C20H29BrF2N2OSSi. The fourth-order valence-corrected chi connectivity index (χ4v) is 6.60. The monoisotopic (exact) mass is 490 g/mol. The van der Waals surface area contributed by atoms with Crippen molar-refractivity contribution in [2.45, 2.75) is 76.2 Å². The fourth-order valence-electron chi connectivity index (χ4n) is 3.44. The minimum absolute atomic E-state index is 0.0147. The summed E-state index contributed by atoms with van der Waals surface area (Å²) in [6.07, 6.45) is 5.83. The number of hydrogen-bond donors (Lipinski definition) is 0. The van der Waals surface area contributed by atoms with Crippen LogP contribution < -0.4 is 0 Å². The number of rotatable bonds is 7. The molecule has 3 nitrogen and oxygen atoms in total. The van der Waals surface area contributed by atoms with Crippen molar-refractivity contribution in [1.82, 2.24) is 9.55 Å². The number of nitrogens with zero attached hydrogens (tertiary/aromatic N) is 2. The molecule has 2 aromatic heterocycles. The van der Waals surface area contributed by atoms with Crippen molar-refractivity contribution in [1.29, 1.82) is 0 Å². The number of hydrogen-bond acceptors (Lipinski definition) is 3. The Kier molecular flexibility index (Phi) is 6.26. The minimum atomic E-state index is -2.55. The number of thiophene rings is 1. The van der Waals surface area contributed by atoms with Crippen molar-refractivity contribution >= 4 is 35.6 Å². The molecule has 0 amide bonds. The molecule has 156 valence electrons. The number of imidazole rings is 1. The lowest BCUT2D eigenvalue weighted by molar-refractivity contribution is -0.140. The molecule has 1 saturated carbocycles. The second-order valence-electron chi connectivity index (χ2n) is 9.34. The fraction of sp³-hybridized carbons (Fsp3) is 0.650. The van der Waals surface area contributed by atoms with Gasteiger partial charge in [-0.3, -0.25) is 0 Å². The number of aromatic nitrogens is 2. The van der Waals surface area contributed by atoms with Gasteiger partial charge in [0.25, 0.3) is 0 Å². The highest BCUT2D eigenvalue weighted by molar-refractivity contribution is 9.10. The summed E-state index contributed by atoms with van der Waals surface area (Å²) in [5, 5.41) is 2.08. The van der Waals surface area contributed by atoms with E-state index in [4.69, 9.17) is 4.43 Å². The average Bonchev–Trinajstić information content (AvgIpc) is 3.19. The van der Waals surface area contributed by atoms with Gasteiger partial charge in [0.15, 0.2) is 8.32 Å². The summed E-state index contributed by atoms with van der Waals surface area (Å²) in [6, 6.07) is 2.05. The van der Waals surface area contributed by atoms with Crippen LogP contribution >= 0.6 is 27.3 Å². The van der Waals surface area contributed by atoms with Crippen LogP contribution in [-0.4, -0.2) is 29.9 Å². The Morgan fingerprint density at radius 1 is 1.39 bits per heavy atom. The third-order valence-corrected chi connectivity index (χ3v) is 12.7. The van der Waals surface area contributed by atoms with Crippen molar-refractivity contribution in [3.05, 3.63) is 39.5 Å². The van der Waals surface area contributed by atoms with E-state index in [-0.39, 0.29) is 35.9 Å². The maximum Gasteiger partial charge on any atom is 0.248 e. The van der Waals surface area contributed by atoms with Gasteiger partial charge >= 0.3 is 0 Å². The molecule has 0 saturated heterocycles. The van der Waals surface area contributed by atoms with E-state index in [1.807, 2.05) is 17.6 Å². The summed E-state index contributed by atoms with van der Waals surface area (Å²) < 4.78 is 37.2. The zero-order chi connectivity index (χ0) is 20.7. The third kappa shape index (κ3) is 4.76. The molecule has 3 rings (SSSR count). The van der Waals surface area contributed by atoms with Gasteiger partial charge in [0, 0.05) is 34.6 Å². The lowest BCUT2D eigenvalue weighted by Gasteiger charge is -2.46. The first-order valence-electron chi connectivity index (χ1n) is 9.66. The molecule has 2 heterocycles. The van der Waals surface area contributed by atoms with E-state index in [1.165, 1.54) is 4.88 Å². The summed E-state index contributed by atoms with van der Waals surface area (Å²) >= 11 is 5.32. The molecule has 0 aromatic carbocycles. The normalized spacial score (nSPS) is 20.0. The highest BCUT2D eigenvalue weighted by atomic mass is 79.9. The quantitative estimate of drug-likeness (QED) is 0.386. The van der Waals surface area contributed by atoms with Gasteiger partial charge in [-0.1, -0.05) is 20.8 Å². The average molecular weight is 492 g/mol. The Balaban J connectivity index is 1.89. The Morgan fingerprint density at radius 2 is 2.07 bits per heavy atom. The minimum Gasteiger partial charge on any atom is -0.414 e. The van der Waals surface area contributed by atoms with Gasteiger partial charge in [-0.25, -0.2) is 13.8 Å². The zero-order valence-corrected chi connectivity index (χ0v) is 20.5. The van der Waals surface area contributed by atoms with E-state index in [9.17, 15) is 8.78 Å². The predicted molar refractivity (Wildman–Crippen MR) is 117 cm³/mol. The topological polar surface area (TPSA) is 27.1 Å². The molecule has 0 bridgehead atoms. The maximum atomic E-state index is 13.7. The number of halogens is 3. The molecule has 1 aliphatic rings. The Labute approximate surface area is 179 Å². The molecule has 1 aliphatic carbocycles. The Hall–Kier alpha value is -0.573. The molecule has 2 unspecified atom stereocenters. The zero-order valence-electron chi connectivity index (χ0n) is 17.1. The second kappa shape index (κ2) is 7.93. The van der Waals surface area contributed by atoms with E-state index in [1.54, 1.807) is 23.9 Å². The lowest BCUT2D eigenvalue weighted by atomic mass is 9.76. The van der Waals surface area contributed by atoms with E-state index in [2.05, 4.69) is 59.3 Å². The third-order valence-electron chi connectivity index (χ3n) is 6.19. The predicted octanol–water partition coefficient (Wildman–Crippen LogP) is 7.12. The molecule has 28 heavy (non-hydrogen) atoms. The van der Waals surface area contributed by atoms with Crippen LogP contribution in [0.5, 0.6) is 0 Å². The van der Waals surface area contributed by atoms with Gasteiger partial charge in [-0.2, -0.15) is 0 Å². The van der Waals surface area contributed by atoms with Crippen LogP contribution in [0.1, 0.15) is 51.0 Å². The van der Waals surface area contributed by atoms with Gasteiger partial charge in [0.05, 0.1) is 18.5 Å². The molecule has 0 aliphatic heterocycles. The van der Waals surface area contributed by atoms with Gasteiger partial charge in [0.2, 0.25) is 5.92 Å². The van der Waals surface area contributed by atoms with Gasteiger partial charge in [-0.05, 0) is 57.8 Å². The lowest BCUT2D eigenvalue weighted by Crippen LogP contribution is -2.51. The highest BCUT2D eigenvalue weighted by Crippen LogP contribution is 2.49. The molecule has 1 fully saturated rings. The van der Waals surface area contributed by atoms with Crippen LogP contribution in [0.25, 0.3) is 0 Å². The van der Waals surface area contributed by atoms with Crippen LogP contribution in [0.3, 0.4) is 0 Å². The van der Waals surface area contributed by atoms with Crippen molar-refractivity contribution in [2.24, 2.45) is 5.92 Å². The van der Waals surface area contributed by atoms with Crippen molar-refractivity contribution in [2.75, 3.05) is 0 Å². The van der Waals surface area contributed by atoms with Crippen molar-refractivity contribution in [3.8, 4) is 0 Å². The molecule has 2 atom stereocenters. The molecule has 0 N–H and O–H groups in total. The van der Waals surface area contributed by atoms with E-state index in [0.717, 1.165) is 4.47 Å². The molecule has 2 aromatic rings. The summed E-state index contributed by atoms with van der Waals surface area (Å²) in [5.74, 6) is -2.65. The molecule has 0 spiro atoms. The Morgan fingerprint density at radius 3 is 2.54 bits per heavy atom. The van der Waals surface area contributed by atoms with Crippen LogP contribution in [0.15, 0.2) is 34.6 Å². The van der Waals surface area contributed by atoms with Crippen molar-refractivity contribution in [3.63, 3.8) is 0 Å². The van der Waals surface area contributed by atoms with Crippen LogP contribution in [0, 0.1) is 5.92 Å². The molecular weight excluding hydrogens is 462 g/mol. The van der Waals surface area contributed by atoms with Crippen molar-refractivity contribution < 1.29 is 13.2 Å². The highest BCUT2D eigenvalue weighted by Gasteiger charge is 2.51. The van der Waals surface area contributed by atoms with Gasteiger partial charge in [-0.15, -0.1) is 11.3 Å². The molecule has 0 radical (unpaired) electrons. The van der Waals surface area contributed by atoms with E-state index in [0.29, 0.717) is 6.42 Å². The first kappa shape index (κ1) is 22.1. The first-order chi connectivity index (χ1) is 12.9. The Bertz CT molecular complexity index is 780. The summed E-state index contributed by atoms with van der Waals surface area (Å²) in [4.78, 5) is 5.38. The standard InChI is InChI=1S/C20H29BrF2N2OSSi/c1-19(2,3)28(4,5)26-17(14-11-20(22,23)12-14)10-16(25-8-7-24-13-25)18-15(21)6-9-27-18/h6-9,13-14,16-17H,10-12H2,1-5H3. The van der Waals surface area contributed by atoms with E-state index < -0.39 is 14.2 Å².